The Hall–Kier alpha value is -3.50. The molecule has 0 aliphatic carbocycles. The van der Waals surface area contributed by atoms with Crippen LogP contribution in [0.4, 0.5) is 5.69 Å². The molecule has 8 nitrogen and oxygen atoms in total. The number of hydrogen-bond acceptors (Lipinski definition) is 7. The number of thioether (sulfide) groups is 1. The van der Waals surface area contributed by atoms with Crippen molar-refractivity contribution in [2.75, 3.05) is 30.3 Å². The van der Waals surface area contributed by atoms with Gasteiger partial charge in [0.15, 0.2) is 11.5 Å². The van der Waals surface area contributed by atoms with Gasteiger partial charge in [-0.1, -0.05) is 17.7 Å². The number of carbonyl (C=O) groups excluding carboxylic acids is 1. The van der Waals surface area contributed by atoms with Crippen molar-refractivity contribution in [2.24, 2.45) is 5.10 Å². The molecule has 0 heterocycles. The third-order valence-electron chi connectivity index (χ3n) is 5.23. The first-order valence-electron chi connectivity index (χ1n) is 11.7. The molecule has 0 saturated heterocycles. The number of nitrogens with one attached hydrogen (secondary N) is 1. The van der Waals surface area contributed by atoms with E-state index in [9.17, 15) is 13.2 Å². The highest BCUT2D eigenvalue weighted by atomic mass is 32.2. The summed E-state index contributed by atoms with van der Waals surface area (Å²) in [5.41, 5.74) is 4.46. The number of amides is 1. The Morgan fingerprint density at radius 3 is 2.24 bits per heavy atom. The van der Waals surface area contributed by atoms with Crippen molar-refractivity contribution in [3.05, 3.63) is 77.9 Å². The zero-order chi connectivity index (χ0) is 26.8. The second-order valence-electron chi connectivity index (χ2n) is 7.89. The molecule has 0 saturated carbocycles. The summed E-state index contributed by atoms with van der Waals surface area (Å²) in [5.74, 6) is 0.607. The van der Waals surface area contributed by atoms with Crippen molar-refractivity contribution in [3.8, 4) is 11.5 Å². The number of rotatable bonds is 12. The average Bonchev–Trinajstić information content (AvgIpc) is 2.89. The third-order valence-corrected chi connectivity index (χ3v) is 7.76. The van der Waals surface area contributed by atoms with Gasteiger partial charge in [-0.3, -0.25) is 9.10 Å². The number of aryl methyl sites for hydroxylation is 1. The van der Waals surface area contributed by atoms with Crippen molar-refractivity contribution in [2.45, 2.75) is 30.6 Å². The zero-order valence-corrected chi connectivity index (χ0v) is 22.9. The van der Waals surface area contributed by atoms with E-state index in [0.29, 0.717) is 36.0 Å². The molecule has 1 amide bonds. The van der Waals surface area contributed by atoms with Gasteiger partial charge in [-0.2, -0.15) is 5.10 Å². The molecule has 3 aromatic rings. The molecular formula is C27H31N3O5S2. The maximum atomic E-state index is 13.5. The van der Waals surface area contributed by atoms with Crippen LogP contribution in [0.15, 0.2) is 81.6 Å². The molecular weight excluding hydrogens is 510 g/mol. The number of carbonyl (C=O) groups is 1. The summed E-state index contributed by atoms with van der Waals surface area (Å²) in [6.07, 6.45) is 3.37. The quantitative estimate of drug-likeness (QED) is 0.200. The Morgan fingerprint density at radius 2 is 1.62 bits per heavy atom. The summed E-state index contributed by atoms with van der Waals surface area (Å²) in [6.45, 7) is 6.21. The van der Waals surface area contributed by atoms with Crippen LogP contribution in [-0.2, 0) is 14.8 Å². The Balaban J connectivity index is 1.80. The fourth-order valence-corrected chi connectivity index (χ4v) is 5.22. The zero-order valence-electron chi connectivity index (χ0n) is 21.3. The Bertz CT molecular complexity index is 1330. The first-order valence-corrected chi connectivity index (χ1v) is 14.4. The first-order chi connectivity index (χ1) is 17.8. The standard InChI is InChI=1S/C27H31N3O5S2/c1-5-34-25-16-9-21(17-26(25)35-6-2)18-28-29-27(31)19-30(22-10-7-20(3)8-11-22)37(32,33)24-14-12-23(36-4)13-15-24/h7-18H,5-6,19H2,1-4H3,(H,29,31)/b28-18-. The Kier molecular flexibility index (Phi) is 9.99. The minimum Gasteiger partial charge on any atom is -0.490 e. The van der Waals surface area contributed by atoms with Crippen LogP contribution in [-0.4, -0.2) is 46.6 Å². The summed E-state index contributed by atoms with van der Waals surface area (Å²) >= 11 is 1.52. The fourth-order valence-electron chi connectivity index (χ4n) is 3.39. The van der Waals surface area contributed by atoms with Crippen molar-refractivity contribution >= 4 is 39.6 Å². The molecule has 0 fully saturated rings. The van der Waals surface area contributed by atoms with Crippen LogP contribution in [0.25, 0.3) is 0 Å². The highest BCUT2D eigenvalue weighted by Gasteiger charge is 2.27. The van der Waals surface area contributed by atoms with Gasteiger partial charge in [-0.15, -0.1) is 11.8 Å². The van der Waals surface area contributed by atoms with Gasteiger partial charge in [0.1, 0.15) is 6.54 Å². The van der Waals surface area contributed by atoms with E-state index in [1.54, 1.807) is 66.7 Å². The maximum absolute atomic E-state index is 13.5. The van der Waals surface area contributed by atoms with Gasteiger partial charge in [-0.25, -0.2) is 13.8 Å². The lowest BCUT2D eigenvalue weighted by molar-refractivity contribution is -0.119. The van der Waals surface area contributed by atoms with Gasteiger partial charge in [-0.05, 0) is 87.2 Å². The Labute approximate surface area is 222 Å². The van der Waals surface area contributed by atoms with E-state index in [1.165, 1.54) is 18.0 Å². The molecule has 0 bridgehead atoms. The summed E-state index contributed by atoms with van der Waals surface area (Å²) in [7, 11) is -4.01. The van der Waals surface area contributed by atoms with Crippen molar-refractivity contribution in [1.29, 1.82) is 0 Å². The lowest BCUT2D eigenvalue weighted by Crippen LogP contribution is -2.39. The van der Waals surface area contributed by atoms with Crippen LogP contribution in [0, 0.1) is 6.92 Å². The predicted octanol–water partition coefficient (Wildman–Crippen LogP) is 4.86. The number of nitrogens with zero attached hydrogens (tertiary/aromatic N) is 2. The Morgan fingerprint density at radius 1 is 0.973 bits per heavy atom. The number of benzene rings is 3. The lowest BCUT2D eigenvalue weighted by Gasteiger charge is -2.24. The first kappa shape index (κ1) is 28.1. The molecule has 0 aromatic heterocycles. The molecule has 0 unspecified atom stereocenters. The molecule has 1 N–H and O–H groups in total. The number of anilines is 1. The smallest absolute Gasteiger partial charge is 0.264 e. The minimum atomic E-state index is -4.01. The van der Waals surface area contributed by atoms with E-state index in [0.717, 1.165) is 14.8 Å². The van der Waals surface area contributed by atoms with E-state index in [2.05, 4.69) is 10.5 Å². The van der Waals surface area contributed by atoms with Gasteiger partial charge in [0.05, 0.1) is 30.0 Å². The molecule has 3 rings (SSSR count). The minimum absolute atomic E-state index is 0.0972. The van der Waals surface area contributed by atoms with E-state index in [-0.39, 0.29) is 4.90 Å². The lowest BCUT2D eigenvalue weighted by atomic mass is 10.2. The van der Waals surface area contributed by atoms with Crippen LogP contribution in [0.1, 0.15) is 25.0 Å². The molecule has 3 aromatic carbocycles. The summed E-state index contributed by atoms with van der Waals surface area (Å²) in [6, 6.07) is 18.8. The number of ether oxygens (including phenoxy) is 2. The van der Waals surface area contributed by atoms with Gasteiger partial charge in [0, 0.05) is 4.90 Å². The molecule has 0 aliphatic heterocycles. The molecule has 0 aliphatic rings. The molecule has 0 atom stereocenters. The molecule has 10 heteroatoms. The fraction of sp³-hybridized carbons (Fsp3) is 0.259. The van der Waals surface area contributed by atoms with Gasteiger partial charge >= 0.3 is 0 Å². The third kappa shape index (κ3) is 7.50. The van der Waals surface area contributed by atoms with E-state index >= 15 is 0 Å². The van der Waals surface area contributed by atoms with Gasteiger partial charge in [0.25, 0.3) is 15.9 Å². The number of hydrogen-bond donors (Lipinski definition) is 1. The number of hydrazone groups is 1. The van der Waals surface area contributed by atoms with Crippen molar-refractivity contribution < 1.29 is 22.7 Å². The van der Waals surface area contributed by atoms with Crippen molar-refractivity contribution in [1.82, 2.24) is 5.43 Å². The largest absolute Gasteiger partial charge is 0.490 e. The predicted molar refractivity (Wildman–Crippen MR) is 148 cm³/mol. The molecule has 0 spiro atoms. The van der Waals surface area contributed by atoms with E-state index in [1.807, 2.05) is 27.0 Å². The van der Waals surface area contributed by atoms with Crippen LogP contribution in [0.5, 0.6) is 11.5 Å². The molecule has 0 radical (unpaired) electrons. The SMILES string of the molecule is CCOc1ccc(/C=N\NC(=O)CN(c2ccc(C)cc2)S(=O)(=O)c2ccc(SC)cc2)cc1OCC. The number of sulfonamides is 1. The highest BCUT2D eigenvalue weighted by Crippen LogP contribution is 2.28. The van der Waals surface area contributed by atoms with Crippen LogP contribution in [0.2, 0.25) is 0 Å². The average molecular weight is 542 g/mol. The van der Waals surface area contributed by atoms with E-state index in [4.69, 9.17) is 9.47 Å². The summed E-state index contributed by atoms with van der Waals surface area (Å²) < 4.78 is 39.3. The monoisotopic (exact) mass is 541 g/mol. The van der Waals surface area contributed by atoms with Gasteiger partial charge in [0.2, 0.25) is 0 Å². The molecule has 196 valence electrons. The van der Waals surface area contributed by atoms with Crippen molar-refractivity contribution in [3.63, 3.8) is 0 Å². The summed E-state index contributed by atoms with van der Waals surface area (Å²) in [5, 5.41) is 4.01. The highest BCUT2D eigenvalue weighted by molar-refractivity contribution is 7.98. The van der Waals surface area contributed by atoms with Crippen LogP contribution < -0.4 is 19.2 Å². The van der Waals surface area contributed by atoms with Gasteiger partial charge < -0.3 is 9.47 Å². The molecule has 37 heavy (non-hydrogen) atoms. The van der Waals surface area contributed by atoms with Crippen LogP contribution >= 0.6 is 11.8 Å². The summed E-state index contributed by atoms with van der Waals surface area (Å²) in [4.78, 5) is 13.8. The second-order valence-corrected chi connectivity index (χ2v) is 10.6. The normalized spacial score (nSPS) is 11.4. The second kappa shape index (κ2) is 13.2. The maximum Gasteiger partial charge on any atom is 0.264 e. The topological polar surface area (TPSA) is 97.3 Å². The van der Waals surface area contributed by atoms with Crippen LogP contribution in [0.3, 0.4) is 0 Å². The van der Waals surface area contributed by atoms with E-state index < -0.39 is 22.5 Å².